The number of halogens is 5. The lowest BCUT2D eigenvalue weighted by molar-refractivity contribution is -0.0794. The number of rotatable bonds is 0. The smallest absolute Gasteiger partial charge is 0.206 e. The molecule has 1 aliphatic carbocycles. The van der Waals surface area contributed by atoms with Gasteiger partial charge in [0, 0.05) is 28.0 Å². The molecule has 0 aromatic heterocycles. The van der Waals surface area contributed by atoms with Gasteiger partial charge in [-0.05, 0) is 12.0 Å². The van der Waals surface area contributed by atoms with E-state index in [4.69, 9.17) is 0 Å². The van der Waals surface area contributed by atoms with E-state index < -0.39 is 17.8 Å². The summed E-state index contributed by atoms with van der Waals surface area (Å²) in [5.41, 5.74) is -0.693. The second kappa shape index (κ2) is 4.69. The van der Waals surface area contributed by atoms with Crippen LogP contribution in [0.15, 0.2) is 36.4 Å². The molecule has 0 saturated carbocycles. The first-order valence-electron chi connectivity index (χ1n) is 6.23. The molecular weight excluding hydrogens is 287 g/mol. The zero-order chi connectivity index (χ0) is 15.2. The fourth-order valence-corrected chi connectivity index (χ4v) is 2.58. The van der Waals surface area contributed by atoms with Crippen molar-refractivity contribution in [1.82, 2.24) is 0 Å². The predicted molar refractivity (Wildman–Crippen MR) is 71.5 cm³/mol. The summed E-state index contributed by atoms with van der Waals surface area (Å²) >= 11 is 0. The Balaban J connectivity index is 2.39. The first-order chi connectivity index (χ1) is 9.88. The van der Waals surface area contributed by atoms with Crippen molar-refractivity contribution in [3.63, 3.8) is 0 Å². The summed E-state index contributed by atoms with van der Waals surface area (Å²) < 4.78 is 66.6. The van der Waals surface area contributed by atoms with Crippen LogP contribution in [0.4, 0.5) is 22.0 Å². The van der Waals surface area contributed by atoms with Crippen molar-refractivity contribution in [3.8, 4) is 0 Å². The van der Waals surface area contributed by atoms with Gasteiger partial charge in [0.2, 0.25) is 0 Å². The molecule has 21 heavy (non-hydrogen) atoms. The topological polar surface area (TPSA) is 0 Å². The maximum absolute atomic E-state index is 14.5. The van der Waals surface area contributed by atoms with Crippen LogP contribution in [0.25, 0.3) is 22.4 Å². The molecule has 0 radical (unpaired) electrons. The van der Waals surface area contributed by atoms with Crippen molar-refractivity contribution < 1.29 is 22.0 Å². The Labute approximate surface area is 117 Å². The Hall–Kier alpha value is -2.17. The molecule has 0 nitrogen and oxygen atoms in total. The molecule has 0 aliphatic heterocycles. The Morgan fingerprint density at radius 1 is 0.952 bits per heavy atom. The Kier molecular flexibility index (Phi) is 3.08. The zero-order valence-corrected chi connectivity index (χ0v) is 10.6. The van der Waals surface area contributed by atoms with Crippen LogP contribution < -0.4 is 0 Å². The van der Waals surface area contributed by atoms with E-state index in [-0.39, 0.29) is 40.0 Å². The Bertz CT molecular complexity index is 781. The van der Waals surface area contributed by atoms with E-state index in [2.05, 4.69) is 0 Å². The molecule has 108 valence electrons. The van der Waals surface area contributed by atoms with E-state index in [1.807, 2.05) is 0 Å². The number of hydrogen-bond acceptors (Lipinski definition) is 0. The van der Waals surface area contributed by atoms with Gasteiger partial charge in [0.15, 0.2) is 0 Å². The summed E-state index contributed by atoms with van der Waals surface area (Å²) in [7, 11) is 0. The van der Waals surface area contributed by atoms with E-state index >= 15 is 0 Å². The molecule has 0 atom stereocenters. The number of alkyl halides is 3. The van der Waals surface area contributed by atoms with Gasteiger partial charge in [-0.1, -0.05) is 36.4 Å². The van der Waals surface area contributed by atoms with Gasteiger partial charge in [-0.15, -0.1) is 0 Å². The van der Waals surface area contributed by atoms with E-state index in [1.165, 1.54) is 30.4 Å². The summed E-state index contributed by atoms with van der Waals surface area (Å²) in [5, 5.41) is 0.0452. The lowest BCUT2D eigenvalue weighted by Crippen LogP contribution is -2.08. The van der Waals surface area contributed by atoms with Gasteiger partial charge < -0.3 is 0 Å². The van der Waals surface area contributed by atoms with Crippen molar-refractivity contribution in [1.29, 1.82) is 0 Å². The highest BCUT2D eigenvalue weighted by atomic mass is 19.4. The standard InChI is InChI=1S/C16H9F5/c17-14-10-5-1-2-6-11(10)15(18)13-9(8-16(19,20)21)4-3-7-12(13)14/h1-3,5-8H,4H2. The average molecular weight is 296 g/mol. The maximum Gasteiger partial charge on any atom is 0.410 e. The van der Waals surface area contributed by atoms with Gasteiger partial charge in [0.25, 0.3) is 0 Å². The third kappa shape index (κ3) is 2.33. The third-order valence-corrected chi connectivity index (χ3v) is 3.41. The highest BCUT2D eigenvalue weighted by Gasteiger charge is 2.29. The monoisotopic (exact) mass is 296 g/mol. The van der Waals surface area contributed by atoms with Gasteiger partial charge >= 0.3 is 6.18 Å². The molecule has 0 N–H and O–H groups in total. The molecular formula is C16H9F5. The summed E-state index contributed by atoms with van der Waals surface area (Å²) in [5.74, 6) is -1.52. The number of allylic oxidation sites excluding steroid dienone is 3. The van der Waals surface area contributed by atoms with Crippen LogP contribution in [0.1, 0.15) is 17.5 Å². The van der Waals surface area contributed by atoms with Crippen molar-refractivity contribution in [3.05, 3.63) is 59.2 Å². The summed E-state index contributed by atoms with van der Waals surface area (Å²) in [6.45, 7) is 0. The highest BCUT2D eigenvalue weighted by Crippen LogP contribution is 2.39. The first-order valence-corrected chi connectivity index (χ1v) is 6.23. The van der Waals surface area contributed by atoms with Crippen LogP contribution in [0.5, 0.6) is 0 Å². The highest BCUT2D eigenvalue weighted by molar-refractivity contribution is 5.93. The lowest BCUT2D eigenvalue weighted by Gasteiger charge is -2.19. The molecule has 0 spiro atoms. The largest absolute Gasteiger partial charge is 0.410 e. The van der Waals surface area contributed by atoms with Gasteiger partial charge in [-0.25, -0.2) is 8.78 Å². The SMILES string of the molecule is Fc1c2c(c(F)c3ccccc13)C(=CC(F)(F)F)CC=C2. The van der Waals surface area contributed by atoms with Crippen LogP contribution in [0.3, 0.4) is 0 Å². The van der Waals surface area contributed by atoms with E-state index in [9.17, 15) is 22.0 Å². The number of hydrogen-bond donors (Lipinski definition) is 0. The van der Waals surface area contributed by atoms with Crippen molar-refractivity contribution in [2.75, 3.05) is 0 Å². The molecule has 0 bridgehead atoms. The second-order valence-electron chi connectivity index (χ2n) is 4.78. The molecule has 0 amide bonds. The van der Waals surface area contributed by atoms with Crippen molar-refractivity contribution in [2.45, 2.75) is 12.6 Å². The quantitative estimate of drug-likeness (QED) is 0.565. The van der Waals surface area contributed by atoms with Crippen molar-refractivity contribution >= 4 is 22.4 Å². The average Bonchev–Trinajstić information content (AvgIpc) is 2.43. The molecule has 3 rings (SSSR count). The van der Waals surface area contributed by atoms with Crippen LogP contribution in [-0.2, 0) is 0 Å². The molecule has 0 unspecified atom stereocenters. The lowest BCUT2D eigenvalue weighted by atomic mass is 9.88. The third-order valence-electron chi connectivity index (χ3n) is 3.41. The van der Waals surface area contributed by atoms with Gasteiger partial charge in [-0.2, -0.15) is 13.2 Å². The Morgan fingerprint density at radius 2 is 1.57 bits per heavy atom. The predicted octanol–water partition coefficient (Wildman–Crippen LogP) is 5.48. The van der Waals surface area contributed by atoms with Crippen LogP contribution in [0.2, 0.25) is 0 Å². The minimum atomic E-state index is -4.58. The fraction of sp³-hybridized carbons (Fsp3) is 0.125. The summed E-state index contributed by atoms with van der Waals surface area (Å²) in [4.78, 5) is 0. The van der Waals surface area contributed by atoms with Gasteiger partial charge in [0.05, 0.1) is 0 Å². The van der Waals surface area contributed by atoms with E-state index in [0.29, 0.717) is 0 Å². The zero-order valence-electron chi connectivity index (χ0n) is 10.6. The summed E-state index contributed by atoms with van der Waals surface area (Å²) in [6, 6.07) is 5.83. The molecule has 0 heterocycles. The van der Waals surface area contributed by atoms with Gasteiger partial charge in [-0.3, -0.25) is 0 Å². The number of benzene rings is 2. The minimum Gasteiger partial charge on any atom is -0.206 e. The van der Waals surface area contributed by atoms with Crippen LogP contribution in [0, 0.1) is 11.6 Å². The molecule has 2 aromatic carbocycles. The second-order valence-corrected chi connectivity index (χ2v) is 4.78. The Morgan fingerprint density at radius 3 is 2.19 bits per heavy atom. The summed E-state index contributed by atoms with van der Waals surface area (Å²) in [6.07, 6.45) is -1.90. The molecule has 0 saturated heterocycles. The van der Waals surface area contributed by atoms with E-state index in [1.54, 1.807) is 6.07 Å². The fourth-order valence-electron chi connectivity index (χ4n) is 2.58. The first kappa shape index (κ1) is 13.8. The number of fused-ring (bicyclic) bond motifs is 2. The minimum absolute atomic E-state index is 0.0166. The van der Waals surface area contributed by atoms with Crippen molar-refractivity contribution in [2.24, 2.45) is 0 Å². The van der Waals surface area contributed by atoms with Gasteiger partial charge in [0.1, 0.15) is 11.6 Å². The molecule has 2 aromatic rings. The van der Waals surface area contributed by atoms with Crippen LogP contribution >= 0.6 is 0 Å². The van der Waals surface area contributed by atoms with Crippen LogP contribution in [-0.4, -0.2) is 6.18 Å². The normalized spacial score (nSPS) is 16.5. The molecule has 1 aliphatic rings. The molecule has 0 fully saturated rings. The molecule has 5 heteroatoms. The maximum atomic E-state index is 14.5. The van der Waals surface area contributed by atoms with E-state index in [0.717, 1.165) is 0 Å².